The Morgan fingerprint density at radius 2 is 1.73 bits per heavy atom. The van der Waals surface area contributed by atoms with Gasteiger partial charge in [0.15, 0.2) is 0 Å². The summed E-state index contributed by atoms with van der Waals surface area (Å²) in [5, 5.41) is 13.5. The van der Waals surface area contributed by atoms with Gasteiger partial charge in [-0.3, -0.25) is 35.3 Å². The smallest absolute Gasteiger partial charge is 0.270 e. The Morgan fingerprint density at radius 1 is 1.00 bits per heavy atom. The molecule has 2 rings (SSSR count). The van der Waals surface area contributed by atoms with Crippen molar-refractivity contribution in [3.05, 3.63) is 75.3 Å². The fourth-order valence-corrected chi connectivity index (χ4v) is 2.46. The topological polar surface area (TPSA) is 130 Å². The van der Waals surface area contributed by atoms with Gasteiger partial charge in [-0.2, -0.15) is 0 Å². The van der Waals surface area contributed by atoms with Crippen molar-refractivity contribution in [3.63, 3.8) is 0 Å². The van der Waals surface area contributed by atoms with Crippen LogP contribution in [-0.2, 0) is 14.4 Å². The lowest BCUT2D eigenvalue weighted by atomic mass is 10.1. The van der Waals surface area contributed by atoms with Crippen LogP contribution in [0, 0.1) is 24.0 Å². The summed E-state index contributed by atoms with van der Waals surface area (Å²) >= 11 is 0. The standard InChI is InChI=1S/C21H22N4O5/c1-14-6-7-15(2)18(12-14)22-19(26)10-11-21(28)24-23-20(27)9-8-16-4-3-5-17(13-16)25(29)30/h3-9,12-13H,10-11H2,1-2H3,(H,22,26)(H,23,27)(H,24,28)/b9-8+. The number of non-ortho nitro benzene ring substituents is 1. The van der Waals surface area contributed by atoms with E-state index in [1.165, 1.54) is 24.3 Å². The van der Waals surface area contributed by atoms with Crippen molar-refractivity contribution in [2.45, 2.75) is 26.7 Å². The molecule has 0 fully saturated rings. The maximum atomic E-state index is 12.0. The van der Waals surface area contributed by atoms with E-state index >= 15 is 0 Å². The van der Waals surface area contributed by atoms with E-state index in [1.54, 1.807) is 6.07 Å². The van der Waals surface area contributed by atoms with Crippen molar-refractivity contribution in [1.29, 1.82) is 0 Å². The van der Waals surface area contributed by atoms with E-state index in [9.17, 15) is 24.5 Å². The number of nitrogens with zero attached hydrogens (tertiary/aromatic N) is 1. The van der Waals surface area contributed by atoms with E-state index in [4.69, 9.17) is 0 Å². The fourth-order valence-electron chi connectivity index (χ4n) is 2.46. The van der Waals surface area contributed by atoms with E-state index in [-0.39, 0.29) is 24.4 Å². The van der Waals surface area contributed by atoms with Gasteiger partial charge in [0, 0.05) is 36.7 Å². The zero-order chi connectivity index (χ0) is 22.1. The largest absolute Gasteiger partial charge is 0.326 e. The number of carbonyl (C=O) groups is 3. The molecule has 30 heavy (non-hydrogen) atoms. The lowest BCUT2D eigenvalue weighted by Gasteiger charge is -2.09. The van der Waals surface area contributed by atoms with Crippen LogP contribution in [0.15, 0.2) is 48.5 Å². The molecular formula is C21H22N4O5. The van der Waals surface area contributed by atoms with E-state index in [1.807, 2.05) is 32.0 Å². The molecule has 3 N–H and O–H groups in total. The molecular weight excluding hydrogens is 388 g/mol. The van der Waals surface area contributed by atoms with Crippen molar-refractivity contribution in [2.24, 2.45) is 0 Å². The Balaban J connectivity index is 1.75. The second-order valence-electron chi connectivity index (χ2n) is 6.59. The van der Waals surface area contributed by atoms with Gasteiger partial charge in [-0.1, -0.05) is 24.3 Å². The maximum absolute atomic E-state index is 12.0. The van der Waals surface area contributed by atoms with E-state index in [0.29, 0.717) is 11.3 Å². The Morgan fingerprint density at radius 3 is 2.47 bits per heavy atom. The van der Waals surface area contributed by atoms with Gasteiger partial charge in [0.1, 0.15) is 0 Å². The molecule has 0 radical (unpaired) electrons. The monoisotopic (exact) mass is 410 g/mol. The highest BCUT2D eigenvalue weighted by atomic mass is 16.6. The number of anilines is 1. The Hall–Kier alpha value is -4.01. The quantitative estimate of drug-likeness (QED) is 0.367. The summed E-state index contributed by atoms with van der Waals surface area (Å²) in [5.41, 5.74) is 7.39. The minimum Gasteiger partial charge on any atom is -0.326 e. The third-order valence-corrected chi connectivity index (χ3v) is 4.08. The van der Waals surface area contributed by atoms with Crippen LogP contribution in [0.1, 0.15) is 29.5 Å². The number of hydrazine groups is 1. The molecule has 0 bridgehead atoms. The predicted octanol–water partition coefficient (Wildman–Crippen LogP) is 2.79. The normalized spacial score (nSPS) is 10.5. The first-order valence-electron chi connectivity index (χ1n) is 9.13. The maximum Gasteiger partial charge on any atom is 0.270 e. The molecule has 2 aromatic rings. The van der Waals surface area contributed by atoms with Gasteiger partial charge in [0.2, 0.25) is 11.8 Å². The van der Waals surface area contributed by atoms with Crippen molar-refractivity contribution >= 4 is 35.2 Å². The minimum atomic E-state index is -0.616. The molecule has 9 heteroatoms. The number of rotatable bonds is 7. The van der Waals surface area contributed by atoms with Crippen molar-refractivity contribution in [2.75, 3.05) is 5.32 Å². The summed E-state index contributed by atoms with van der Waals surface area (Å²) in [6, 6.07) is 11.4. The first-order chi connectivity index (χ1) is 14.2. The highest BCUT2D eigenvalue weighted by Gasteiger charge is 2.09. The molecule has 0 aliphatic heterocycles. The average molecular weight is 410 g/mol. The number of nitro benzene ring substituents is 1. The number of nitrogens with one attached hydrogen (secondary N) is 3. The van der Waals surface area contributed by atoms with Crippen LogP contribution < -0.4 is 16.2 Å². The molecule has 0 aromatic heterocycles. The fraction of sp³-hybridized carbons (Fsp3) is 0.190. The van der Waals surface area contributed by atoms with E-state index < -0.39 is 16.7 Å². The summed E-state index contributed by atoms with van der Waals surface area (Å²) < 4.78 is 0. The van der Waals surface area contributed by atoms with Crippen LogP contribution in [0.25, 0.3) is 6.08 Å². The number of benzene rings is 2. The molecule has 2 aromatic carbocycles. The first kappa shape index (κ1) is 22.3. The van der Waals surface area contributed by atoms with Gasteiger partial charge >= 0.3 is 0 Å². The van der Waals surface area contributed by atoms with Crippen LogP contribution in [-0.4, -0.2) is 22.6 Å². The number of hydrogen-bond acceptors (Lipinski definition) is 5. The molecule has 0 spiro atoms. The van der Waals surface area contributed by atoms with Gasteiger partial charge in [-0.25, -0.2) is 0 Å². The van der Waals surface area contributed by atoms with Crippen LogP contribution in [0.2, 0.25) is 0 Å². The molecule has 9 nitrogen and oxygen atoms in total. The van der Waals surface area contributed by atoms with Gasteiger partial charge < -0.3 is 5.32 Å². The Bertz CT molecular complexity index is 1000. The zero-order valence-corrected chi connectivity index (χ0v) is 16.6. The molecule has 3 amide bonds. The molecule has 0 aliphatic carbocycles. The second-order valence-corrected chi connectivity index (χ2v) is 6.59. The number of hydrogen-bond donors (Lipinski definition) is 3. The first-order valence-corrected chi connectivity index (χ1v) is 9.13. The van der Waals surface area contributed by atoms with E-state index in [0.717, 1.165) is 17.2 Å². The molecule has 0 saturated carbocycles. The van der Waals surface area contributed by atoms with Gasteiger partial charge in [0.05, 0.1) is 4.92 Å². The van der Waals surface area contributed by atoms with Crippen LogP contribution in [0.3, 0.4) is 0 Å². The lowest BCUT2D eigenvalue weighted by molar-refractivity contribution is -0.384. The van der Waals surface area contributed by atoms with Gasteiger partial charge in [-0.15, -0.1) is 0 Å². The number of nitro groups is 1. The molecule has 0 unspecified atom stereocenters. The van der Waals surface area contributed by atoms with Crippen LogP contribution >= 0.6 is 0 Å². The van der Waals surface area contributed by atoms with Crippen molar-refractivity contribution < 1.29 is 19.3 Å². The average Bonchev–Trinajstić information content (AvgIpc) is 2.72. The van der Waals surface area contributed by atoms with Crippen LogP contribution in [0.4, 0.5) is 11.4 Å². The summed E-state index contributed by atoms with van der Waals surface area (Å²) in [6.07, 6.45) is 2.36. The molecule has 0 saturated heterocycles. The molecule has 0 heterocycles. The summed E-state index contributed by atoms with van der Waals surface area (Å²) in [4.78, 5) is 45.8. The SMILES string of the molecule is Cc1ccc(C)c(NC(=O)CCC(=O)NNC(=O)/C=C/c2cccc([N+](=O)[O-])c2)c1. The van der Waals surface area contributed by atoms with Crippen LogP contribution in [0.5, 0.6) is 0 Å². The number of amides is 3. The second kappa shape index (κ2) is 10.5. The lowest BCUT2D eigenvalue weighted by Crippen LogP contribution is -2.41. The van der Waals surface area contributed by atoms with Gasteiger partial charge in [0.25, 0.3) is 11.6 Å². The highest BCUT2D eigenvalue weighted by Crippen LogP contribution is 2.16. The van der Waals surface area contributed by atoms with Crippen molar-refractivity contribution in [1.82, 2.24) is 10.9 Å². The highest BCUT2D eigenvalue weighted by molar-refractivity contribution is 5.95. The predicted molar refractivity (Wildman–Crippen MR) is 112 cm³/mol. The third kappa shape index (κ3) is 7.19. The van der Waals surface area contributed by atoms with Gasteiger partial charge in [-0.05, 0) is 42.7 Å². The zero-order valence-electron chi connectivity index (χ0n) is 16.6. The number of carbonyl (C=O) groups excluding carboxylic acids is 3. The van der Waals surface area contributed by atoms with Crippen molar-refractivity contribution in [3.8, 4) is 0 Å². The summed E-state index contributed by atoms with van der Waals surface area (Å²) in [7, 11) is 0. The molecule has 0 aliphatic rings. The minimum absolute atomic E-state index is 0.0430. The number of aryl methyl sites for hydroxylation is 2. The Labute approximate surface area is 173 Å². The third-order valence-electron chi connectivity index (χ3n) is 4.08. The Kier molecular flexibility index (Phi) is 7.81. The molecule has 156 valence electrons. The van der Waals surface area contributed by atoms with E-state index in [2.05, 4.69) is 16.2 Å². The molecule has 0 atom stereocenters. The summed E-state index contributed by atoms with van der Waals surface area (Å²) in [6.45, 7) is 3.79. The summed E-state index contributed by atoms with van der Waals surface area (Å²) in [5.74, 6) is -1.45.